The van der Waals surface area contributed by atoms with Crippen LogP contribution in [0.2, 0.25) is 5.02 Å². The van der Waals surface area contributed by atoms with Gasteiger partial charge in [0.15, 0.2) is 5.13 Å². The van der Waals surface area contributed by atoms with Crippen molar-refractivity contribution in [2.24, 2.45) is 0 Å². The van der Waals surface area contributed by atoms with Crippen molar-refractivity contribution in [2.45, 2.75) is 11.8 Å². The molecule has 3 aromatic rings. The summed E-state index contributed by atoms with van der Waals surface area (Å²) in [5.74, 6) is -0.0315. The van der Waals surface area contributed by atoms with Gasteiger partial charge in [-0.1, -0.05) is 29.9 Å². The number of methoxy groups -OCH3 is 1. The van der Waals surface area contributed by atoms with Gasteiger partial charge in [0.2, 0.25) is 10.0 Å². The van der Waals surface area contributed by atoms with E-state index >= 15 is 0 Å². The van der Waals surface area contributed by atoms with Crippen LogP contribution in [-0.4, -0.2) is 44.3 Å². The van der Waals surface area contributed by atoms with Crippen molar-refractivity contribution in [3.8, 4) is 5.75 Å². The van der Waals surface area contributed by atoms with Gasteiger partial charge >= 0.3 is 0 Å². The van der Waals surface area contributed by atoms with E-state index in [0.717, 1.165) is 0 Å². The highest BCUT2D eigenvalue weighted by Gasteiger charge is 2.21. The number of thiazole rings is 1. The van der Waals surface area contributed by atoms with Gasteiger partial charge in [-0.3, -0.25) is 10.1 Å². The molecular formula is C18H18ClN3O4S2. The topological polar surface area (TPSA) is 88.6 Å². The van der Waals surface area contributed by atoms with Gasteiger partial charge in [0.25, 0.3) is 5.91 Å². The van der Waals surface area contributed by atoms with E-state index in [2.05, 4.69) is 10.3 Å². The first kappa shape index (κ1) is 20.5. The fourth-order valence-corrected chi connectivity index (χ4v) is 4.84. The molecule has 1 heterocycles. The second kappa shape index (κ2) is 8.04. The number of carbonyl (C=O) groups excluding carboxylic acids is 1. The Kier molecular flexibility index (Phi) is 5.90. The molecule has 7 nitrogen and oxygen atoms in total. The minimum Gasteiger partial charge on any atom is -0.496 e. The maximum absolute atomic E-state index is 12.6. The van der Waals surface area contributed by atoms with Crippen LogP contribution in [0.15, 0.2) is 41.3 Å². The number of hydrogen-bond donors (Lipinski definition) is 1. The third-order valence-corrected chi connectivity index (χ3v) is 7.24. The molecular weight excluding hydrogens is 422 g/mol. The molecule has 3 rings (SSSR count). The van der Waals surface area contributed by atoms with E-state index in [9.17, 15) is 13.2 Å². The lowest BCUT2D eigenvalue weighted by molar-refractivity contribution is 0.102. The zero-order chi connectivity index (χ0) is 20.5. The van der Waals surface area contributed by atoms with Crippen LogP contribution < -0.4 is 10.1 Å². The highest BCUT2D eigenvalue weighted by Crippen LogP contribution is 2.30. The molecule has 148 valence electrons. The highest BCUT2D eigenvalue weighted by atomic mass is 35.5. The molecule has 0 saturated carbocycles. The fraction of sp³-hybridized carbons (Fsp3) is 0.222. The summed E-state index contributed by atoms with van der Waals surface area (Å²) < 4.78 is 32.1. The lowest BCUT2D eigenvalue weighted by Crippen LogP contribution is -2.26. The summed E-state index contributed by atoms with van der Waals surface area (Å²) in [6.07, 6.45) is 0. The van der Waals surface area contributed by atoms with Crippen molar-refractivity contribution in [3.05, 3.63) is 47.0 Å². The van der Waals surface area contributed by atoms with Gasteiger partial charge in [-0.2, -0.15) is 0 Å². The molecule has 0 aliphatic heterocycles. The summed E-state index contributed by atoms with van der Waals surface area (Å²) in [5.41, 5.74) is 0.874. The second-order valence-electron chi connectivity index (χ2n) is 5.87. The molecule has 0 atom stereocenters. The van der Waals surface area contributed by atoms with E-state index in [4.69, 9.17) is 16.3 Å². The Bertz CT molecular complexity index is 1140. The number of sulfonamides is 1. The molecule has 0 aliphatic carbocycles. The first-order valence-electron chi connectivity index (χ1n) is 8.28. The number of hydrogen-bond acceptors (Lipinski definition) is 6. The highest BCUT2D eigenvalue weighted by molar-refractivity contribution is 7.89. The van der Waals surface area contributed by atoms with Crippen LogP contribution >= 0.6 is 22.9 Å². The Morgan fingerprint density at radius 3 is 2.71 bits per heavy atom. The Morgan fingerprint density at radius 1 is 1.29 bits per heavy atom. The number of ether oxygens (including phenoxy) is 1. The van der Waals surface area contributed by atoms with Crippen molar-refractivity contribution in [2.75, 3.05) is 26.0 Å². The third kappa shape index (κ3) is 3.97. The maximum Gasteiger partial charge on any atom is 0.261 e. The molecule has 0 radical (unpaired) electrons. The van der Waals surface area contributed by atoms with Crippen LogP contribution in [0.25, 0.3) is 10.2 Å². The van der Waals surface area contributed by atoms with Crippen LogP contribution in [0.1, 0.15) is 17.3 Å². The number of amides is 1. The summed E-state index contributed by atoms with van der Waals surface area (Å²) in [4.78, 5) is 17.1. The fourth-order valence-electron chi connectivity index (χ4n) is 2.49. The minimum absolute atomic E-state index is 0.183. The Hall–Kier alpha value is -2.20. The van der Waals surface area contributed by atoms with Crippen LogP contribution in [0, 0.1) is 0 Å². The molecule has 2 aromatic carbocycles. The lowest BCUT2D eigenvalue weighted by atomic mass is 10.2. The van der Waals surface area contributed by atoms with E-state index in [1.54, 1.807) is 31.2 Å². The summed E-state index contributed by atoms with van der Waals surface area (Å²) in [5, 5.41) is 3.47. The van der Waals surface area contributed by atoms with E-state index in [1.807, 2.05) is 0 Å². The van der Waals surface area contributed by atoms with Gasteiger partial charge in [-0.25, -0.2) is 17.7 Å². The first-order chi connectivity index (χ1) is 13.3. The van der Waals surface area contributed by atoms with Crippen molar-refractivity contribution < 1.29 is 17.9 Å². The van der Waals surface area contributed by atoms with Gasteiger partial charge < -0.3 is 4.74 Å². The van der Waals surface area contributed by atoms with Crippen molar-refractivity contribution in [3.63, 3.8) is 0 Å². The van der Waals surface area contributed by atoms with Gasteiger partial charge in [0, 0.05) is 18.6 Å². The van der Waals surface area contributed by atoms with Crippen LogP contribution in [0.3, 0.4) is 0 Å². The zero-order valence-corrected chi connectivity index (χ0v) is 17.8. The number of anilines is 1. The number of fused-ring (bicyclic) bond motifs is 1. The summed E-state index contributed by atoms with van der Waals surface area (Å²) in [6, 6.07) is 9.44. The van der Waals surface area contributed by atoms with Crippen LogP contribution in [-0.2, 0) is 10.0 Å². The molecule has 0 aliphatic rings. The maximum atomic E-state index is 12.6. The third-order valence-electron chi connectivity index (χ3n) is 4.14. The van der Waals surface area contributed by atoms with Gasteiger partial charge in [0.1, 0.15) is 5.75 Å². The SMILES string of the molecule is CCN(C)S(=O)(=O)c1ccc2nc(NC(=O)c3cc(Cl)ccc3OC)sc2c1. The standard InChI is InChI=1S/C18H18ClN3O4S2/c1-4-22(2)28(24,25)12-6-7-14-16(10-12)27-18(20-14)21-17(23)13-9-11(19)5-8-15(13)26-3/h5-10H,4H2,1-3H3,(H,20,21,23). The number of aromatic nitrogens is 1. The molecule has 28 heavy (non-hydrogen) atoms. The van der Waals surface area contributed by atoms with E-state index in [1.165, 1.54) is 41.9 Å². The van der Waals surface area contributed by atoms with Gasteiger partial charge in [-0.15, -0.1) is 0 Å². The monoisotopic (exact) mass is 439 g/mol. The van der Waals surface area contributed by atoms with Crippen molar-refractivity contribution in [1.82, 2.24) is 9.29 Å². The van der Waals surface area contributed by atoms with Crippen molar-refractivity contribution in [1.29, 1.82) is 0 Å². The first-order valence-corrected chi connectivity index (χ1v) is 10.9. The largest absolute Gasteiger partial charge is 0.496 e. The Morgan fingerprint density at radius 2 is 2.04 bits per heavy atom. The van der Waals surface area contributed by atoms with Crippen LogP contribution in [0.5, 0.6) is 5.75 Å². The quantitative estimate of drug-likeness (QED) is 0.630. The predicted molar refractivity (Wildman–Crippen MR) is 111 cm³/mol. The molecule has 0 spiro atoms. The lowest BCUT2D eigenvalue weighted by Gasteiger charge is -2.14. The molecule has 0 fully saturated rings. The zero-order valence-electron chi connectivity index (χ0n) is 15.4. The second-order valence-corrected chi connectivity index (χ2v) is 9.38. The number of rotatable bonds is 6. The van der Waals surface area contributed by atoms with Crippen LogP contribution in [0.4, 0.5) is 5.13 Å². The molecule has 1 amide bonds. The molecule has 0 unspecified atom stereocenters. The van der Waals surface area contributed by atoms with E-state index in [0.29, 0.717) is 32.7 Å². The number of nitrogens with zero attached hydrogens (tertiary/aromatic N) is 2. The minimum atomic E-state index is -3.56. The number of halogens is 1. The number of carbonyl (C=O) groups is 1. The smallest absolute Gasteiger partial charge is 0.261 e. The molecule has 0 saturated heterocycles. The summed E-state index contributed by atoms with van der Waals surface area (Å²) >= 11 is 7.16. The Labute approximate surface area is 172 Å². The summed E-state index contributed by atoms with van der Waals surface area (Å²) in [7, 11) is -0.568. The predicted octanol–water partition coefficient (Wildman–Crippen LogP) is 3.85. The molecule has 10 heteroatoms. The van der Waals surface area contributed by atoms with Gasteiger partial charge in [-0.05, 0) is 36.4 Å². The average Bonchev–Trinajstić information content (AvgIpc) is 3.08. The molecule has 1 aromatic heterocycles. The average molecular weight is 440 g/mol. The normalized spacial score (nSPS) is 11.8. The molecule has 1 N–H and O–H groups in total. The molecule has 0 bridgehead atoms. The van der Waals surface area contributed by atoms with E-state index in [-0.39, 0.29) is 10.5 Å². The van der Waals surface area contributed by atoms with Crippen molar-refractivity contribution >= 4 is 54.2 Å². The number of nitrogens with one attached hydrogen (secondary N) is 1. The van der Waals surface area contributed by atoms with Gasteiger partial charge in [0.05, 0.1) is 27.8 Å². The Balaban J connectivity index is 1.91. The van der Waals surface area contributed by atoms with E-state index < -0.39 is 15.9 Å². The number of benzene rings is 2. The summed E-state index contributed by atoms with van der Waals surface area (Å²) in [6.45, 7) is 2.13.